The lowest BCUT2D eigenvalue weighted by Crippen LogP contribution is -2.61. The van der Waals surface area contributed by atoms with Crippen LogP contribution in [0.15, 0.2) is 0 Å². The maximum Gasteiger partial charge on any atom is 0.327 e. The van der Waals surface area contributed by atoms with Crippen molar-refractivity contribution in [2.24, 2.45) is 11.7 Å². The van der Waals surface area contributed by atoms with Gasteiger partial charge in [0, 0.05) is 5.75 Å². The first kappa shape index (κ1) is 28.5. The van der Waals surface area contributed by atoms with E-state index in [0.717, 1.165) is 0 Å². The molecule has 0 bridgehead atoms. The summed E-state index contributed by atoms with van der Waals surface area (Å²) in [5.74, 6) is -3.07. The number of carbonyl (C=O) groups is 4. The molecule has 0 aliphatic rings. The highest BCUT2D eigenvalue weighted by molar-refractivity contribution is 7.98. The number of thiol groups is 1. The number of amides is 3. The molecule has 0 aromatic rings. The van der Waals surface area contributed by atoms with Crippen LogP contribution in [0, 0.1) is 5.92 Å². The molecule has 0 aliphatic carbocycles. The fourth-order valence-corrected chi connectivity index (χ4v) is 3.17. The minimum atomic E-state index is -1.41. The predicted molar refractivity (Wildman–Crippen MR) is 119 cm³/mol. The summed E-state index contributed by atoms with van der Waals surface area (Å²) in [6, 6.07) is -4.44. The van der Waals surface area contributed by atoms with Crippen LogP contribution in [0.5, 0.6) is 0 Å². The maximum absolute atomic E-state index is 12.8. The molecule has 0 aromatic carbocycles. The fourth-order valence-electron chi connectivity index (χ4n) is 2.43. The molecule has 6 atom stereocenters. The molecule has 6 unspecified atom stereocenters. The van der Waals surface area contributed by atoms with E-state index in [1.54, 1.807) is 18.7 Å². The maximum atomic E-state index is 12.8. The number of hydrogen-bond donors (Lipinski definition) is 7. The molecular formula is C18H34N4O6S2. The van der Waals surface area contributed by atoms with Gasteiger partial charge in [-0.3, -0.25) is 14.4 Å². The summed E-state index contributed by atoms with van der Waals surface area (Å²) in [5, 5.41) is 26.3. The smallest absolute Gasteiger partial charge is 0.327 e. The summed E-state index contributed by atoms with van der Waals surface area (Å²) >= 11 is 5.41. The number of carboxylic acid groups (broad SMARTS) is 1. The number of hydrogen-bond acceptors (Lipinski definition) is 8. The molecule has 3 amide bonds. The SMILES string of the molecule is CCC(C)C(NC(=O)C(N)CCSC)C(=O)NC(C(=O)NC(CS)C(=O)O)C(C)O. The number of aliphatic hydroxyl groups excluding tert-OH is 1. The zero-order chi connectivity index (χ0) is 23.4. The number of nitrogens with two attached hydrogens (primary N) is 1. The molecule has 12 heteroatoms. The lowest BCUT2D eigenvalue weighted by atomic mass is 9.97. The Labute approximate surface area is 186 Å². The minimum Gasteiger partial charge on any atom is -0.480 e. The highest BCUT2D eigenvalue weighted by Gasteiger charge is 2.34. The van der Waals surface area contributed by atoms with Crippen molar-refractivity contribution in [1.29, 1.82) is 0 Å². The minimum absolute atomic E-state index is 0.166. The van der Waals surface area contributed by atoms with Crippen LogP contribution in [0.2, 0.25) is 0 Å². The van der Waals surface area contributed by atoms with Gasteiger partial charge in [0.15, 0.2) is 0 Å². The first-order valence-corrected chi connectivity index (χ1v) is 11.7. The van der Waals surface area contributed by atoms with E-state index in [4.69, 9.17) is 10.8 Å². The second-order valence-electron chi connectivity index (χ2n) is 7.07. The number of carbonyl (C=O) groups excluding carboxylic acids is 3. The molecule has 0 spiro atoms. The summed E-state index contributed by atoms with van der Waals surface area (Å²) < 4.78 is 0. The van der Waals surface area contributed by atoms with Crippen LogP contribution in [-0.4, -0.2) is 81.9 Å². The van der Waals surface area contributed by atoms with Crippen molar-refractivity contribution in [3.63, 3.8) is 0 Å². The third-order valence-corrected chi connectivity index (χ3v) is 5.63. The van der Waals surface area contributed by atoms with Crippen LogP contribution in [0.25, 0.3) is 0 Å². The Balaban J connectivity index is 5.34. The van der Waals surface area contributed by atoms with Gasteiger partial charge in [-0.2, -0.15) is 24.4 Å². The summed E-state index contributed by atoms with van der Waals surface area (Å²) in [6.07, 6.45) is 1.59. The van der Waals surface area contributed by atoms with Crippen molar-refractivity contribution in [2.45, 2.75) is 63.9 Å². The Bertz CT molecular complexity index is 593. The van der Waals surface area contributed by atoms with Gasteiger partial charge in [0.05, 0.1) is 12.1 Å². The van der Waals surface area contributed by atoms with Crippen LogP contribution in [0.3, 0.4) is 0 Å². The van der Waals surface area contributed by atoms with E-state index in [1.165, 1.54) is 6.92 Å². The zero-order valence-corrected chi connectivity index (χ0v) is 19.5. The average Bonchev–Trinajstić information content (AvgIpc) is 2.70. The third-order valence-electron chi connectivity index (χ3n) is 4.62. The van der Waals surface area contributed by atoms with Crippen molar-refractivity contribution in [3.05, 3.63) is 0 Å². The van der Waals surface area contributed by atoms with Crippen LogP contribution in [-0.2, 0) is 19.2 Å². The molecule has 0 saturated carbocycles. The normalized spacial score (nSPS) is 17.0. The molecule has 10 nitrogen and oxygen atoms in total. The third kappa shape index (κ3) is 9.54. The van der Waals surface area contributed by atoms with Crippen molar-refractivity contribution in [3.8, 4) is 0 Å². The van der Waals surface area contributed by atoms with Gasteiger partial charge in [0.2, 0.25) is 17.7 Å². The van der Waals surface area contributed by atoms with Gasteiger partial charge < -0.3 is 31.9 Å². The highest BCUT2D eigenvalue weighted by atomic mass is 32.2. The fraction of sp³-hybridized carbons (Fsp3) is 0.778. The molecule has 0 rings (SSSR count). The van der Waals surface area contributed by atoms with Gasteiger partial charge in [-0.05, 0) is 31.3 Å². The number of nitrogens with one attached hydrogen (secondary N) is 3. The van der Waals surface area contributed by atoms with E-state index < -0.39 is 54.0 Å². The lowest BCUT2D eigenvalue weighted by molar-refractivity contribution is -0.142. The van der Waals surface area contributed by atoms with Gasteiger partial charge in [0.25, 0.3) is 0 Å². The number of thioether (sulfide) groups is 1. The molecular weight excluding hydrogens is 432 g/mol. The van der Waals surface area contributed by atoms with Crippen LogP contribution in [0.1, 0.15) is 33.6 Å². The van der Waals surface area contributed by atoms with E-state index in [2.05, 4.69) is 28.6 Å². The van der Waals surface area contributed by atoms with Gasteiger partial charge in [-0.1, -0.05) is 20.3 Å². The number of aliphatic carboxylic acids is 1. The number of rotatable bonds is 14. The predicted octanol–water partition coefficient (Wildman–Crippen LogP) is -1.04. The molecule has 0 aliphatic heterocycles. The molecule has 0 aromatic heterocycles. The topological polar surface area (TPSA) is 171 Å². The van der Waals surface area contributed by atoms with Gasteiger partial charge in [0.1, 0.15) is 18.1 Å². The Kier molecular flexibility index (Phi) is 13.8. The Hall–Kier alpha value is -1.50. The summed E-state index contributed by atoms with van der Waals surface area (Å²) in [7, 11) is 0. The first-order valence-electron chi connectivity index (χ1n) is 9.67. The largest absolute Gasteiger partial charge is 0.480 e. The molecule has 0 heterocycles. The molecule has 30 heavy (non-hydrogen) atoms. The Morgan fingerprint density at radius 1 is 1.03 bits per heavy atom. The second kappa shape index (κ2) is 14.5. The van der Waals surface area contributed by atoms with E-state index in [1.807, 2.05) is 13.2 Å². The lowest BCUT2D eigenvalue weighted by Gasteiger charge is -2.28. The van der Waals surface area contributed by atoms with E-state index >= 15 is 0 Å². The summed E-state index contributed by atoms with van der Waals surface area (Å²) in [4.78, 5) is 48.7. The Morgan fingerprint density at radius 2 is 1.57 bits per heavy atom. The monoisotopic (exact) mass is 466 g/mol. The van der Waals surface area contributed by atoms with Gasteiger partial charge >= 0.3 is 5.97 Å². The second-order valence-corrected chi connectivity index (χ2v) is 8.42. The molecule has 0 saturated heterocycles. The number of carboxylic acids is 1. The Morgan fingerprint density at radius 3 is 2.00 bits per heavy atom. The van der Waals surface area contributed by atoms with Crippen molar-refractivity contribution >= 4 is 48.1 Å². The van der Waals surface area contributed by atoms with E-state index in [-0.39, 0.29) is 11.7 Å². The molecule has 0 fully saturated rings. The highest BCUT2D eigenvalue weighted by Crippen LogP contribution is 2.10. The van der Waals surface area contributed by atoms with Crippen LogP contribution < -0.4 is 21.7 Å². The van der Waals surface area contributed by atoms with Crippen molar-refractivity contribution in [1.82, 2.24) is 16.0 Å². The molecule has 174 valence electrons. The van der Waals surface area contributed by atoms with Crippen LogP contribution >= 0.6 is 24.4 Å². The average molecular weight is 467 g/mol. The molecule has 0 radical (unpaired) electrons. The zero-order valence-electron chi connectivity index (χ0n) is 17.8. The van der Waals surface area contributed by atoms with Crippen molar-refractivity contribution in [2.75, 3.05) is 17.8 Å². The van der Waals surface area contributed by atoms with E-state index in [9.17, 15) is 24.3 Å². The quantitative estimate of drug-likeness (QED) is 0.159. The van der Waals surface area contributed by atoms with E-state index in [0.29, 0.717) is 18.6 Å². The van der Waals surface area contributed by atoms with Gasteiger partial charge in [-0.25, -0.2) is 4.79 Å². The van der Waals surface area contributed by atoms with Gasteiger partial charge in [-0.15, -0.1) is 0 Å². The summed E-state index contributed by atoms with van der Waals surface area (Å²) in [6.45, 7) is 4.89. The van der Waals surface area contributed by atoms with Crippen LogP contribution in [0.4, 0.5) is 0 Å². The number of aliphatic hydroxyl groups is 1. The molecule has 7 N–H and O–H groups in total. The first-order chi connectivity index (χ1) is 14.0. The summed E-state index contributed by atoms with van der Waals surface area (Å²) in [5.41, 5.74) is 5.87. The standard InChI is InChI=1S/C18H34N4O6S2/c1-5-9(2)13(21-15(24)11(19)6-7-30-4)16(25)22-14(10(3)23)17(26)20-12(8-29)18(27)28/h9-14,23,29H,5-8,19H2,1-4H3,(H,20,26)(H,21,24)(H,22,25)(H,27,28). The van der Waals surface area contributed by atoms with Crippen molar-refractivity contribution < 1.29 is 29.4 Å².